The third-order valence-corrected chi connectivity index (χ3v) is 9.27. The summed E-state index contributed by atoms with van der Waals surface area (Å²) < 4.78 is 12.4. The van der Waals surface area contributed by atoms with E-state index in [0.29, 0.717) is 12.8 Å². The number of rotatable bonds is 2. The number of Topliss-reactive ketones (excluding diaryl/α,β-unsaturated/α-hetero) is 1. The Morgan fingerprint density at radius 1 is 1.21 bits per heavy atom. The molecule has 5 heteroatoms. The van der Waals surface area contributed by atoms with E-state index in [1.807, 2.05) is 6.08 Å². The Kier molecular flexibility index (Phi) is 3.64. The van der Waals surface area contributed by atoms with Crippen molar-refractivity contribution in [2.45, 2.75) is 77.6 Å². The summed E-state index contributed by atoms with van der Waals surface area (Å²) in [5, 5.41) is 0. The van der Waals surface area contributed by atoms with Crippen molar-refractivity contribution >= 4 is 17.5 Å². The number of carbonyl (C=O) groups is 3. The van der Waals surface area contributed by atoms with E-state index in [4.69, 9.17) is 9.47 Å². The highest BCUT2D eigenvalue weighted by molar-refractivity contribution is 6.01. The highest BCUT2D eigenvalue weighted by Crippen LogP contribution is 2.76. The molecule has 0 aromatic heterocycles. The molecule has 5 aliphatic rings. The summed E-state index contributed by atoms with van der Waals surface area (Å²) in [4.78, 5) is 36.9. The summed E-state index contributed by atoms with van der Waals surface area (Å²) in [5.74, 6) is 0.415. The van der Waals surface area contributed by atoms with E-state index in [-0.39, 0.29) is 46.4 Å². The number of esters is 1. The smallest absolute Gasteiger partial charge is 0.303 e. The molecule has 0 unspecified atom stereocenters. The van der Waals surface area contributed by atoms with Gasteiger partial charge >= 0.3 is 5.97 Å². The predicted octanol–water partition coefficient (Wildman–Crippen LogP) is 3.56. The minimum absolute atomic E-state index is 0.0138. The molecule has 0 radical (unpaired) electrons. The third kappa shape index (κ3) is 2.03. The Morgan fingerprint density at radius 3 is 2.59 bits per heavy atom. The second-order valence-electron chi connectivity index (χ2n) is 10.4. The molecule has 5 rings (SSSR count). The van der Waals surface area contributed by atoms with Crippen molar-refractivity contribution in [1.29, 1.82) is 0 Å². The highest BCUT2D eigenvalue weighted by atomic mass is 16.6. The second-order valence-corrected chi connectivity index (χ2v) is 10.4. The number of ketones is 2. The van der Waals surface area contributed by atoms with Crippen molar-refractivity contribution in [3.63, 3.8) is 0 Å². The molecule has 4 aliphatic carbocycles. The fourth-order valence-corrected chi connectivity index (χ4v) is 8.09. The molecule has 0 amide bonds. The molecule has 1 spiro atoms. The Bertz CT molecular complexity index is 901. The van der Waals surface area contributed by atoms with Crippen LogP contribution < -0.4 is 0 Å². The molecule has 156 valence electrons. The van der Waals surface area contributed by atoms with Crippen LogP contribution in [0.25, 0.3) is 0 Å². The topological polar surface area (TPSA) is 73.0 Å². The van der Waals surface area contributed by atoms with Gasteiger partial charge in [-0.05, 0) is 69.4 Å². The third-order valence-electron chi connectivity index (χ3n) is 9.27. The van der Waals surface area contributed by atoms with E-state index in [1.165, 1.54) is 12.5 Å². The van der Waals surface area contributed by atoms with Crippen molar-refractivity contribution in [1.82, 2.24) is 0 Å². The van der Waals surface area contributed by atoms with Gasteiger partial charge in [0.2, 0.25) is 0 Å². The molecule has 1 heterocycles. The van der Waals surface area contributed by atoms with Gasteiger partial charge in [0.25, 0.3) is 0 Å². The normalized spacial score (nSPS) is 51.9. The van der Waals surface area contributed by atoms with Gasteiger partial charge in [0.15, 0.2) is 17.2 Å². The largest absolute Gasteiger partial charge is 0.451 e. The summed E-state index contributed by atoms with van der Waals surface area (Å²) >= 11 is 0. The number of hydrogen-bond acceptors (Lipinski definition) is 5. The zero-order valence-electron chi connectivity index (χ0n) is 17.9. The zero-order valence-corrected chi connectivity index (χ0v) is 17.9. The van der Waals surface area contributed by atoms with Gasteiger partial charge in [-0.15, -0.1) is 0 Å². The number of allylic oxidation sites excluding steroid dienone is 2. The summed E-state index contributed by atoms with van der Waals surface area (Å²) in [5.41, 5.74) is -0.900. The average Bonchev–Trinajstić information content (AvgIpc) is 3.27. The van der Waals surface area contributed by atoms with E-state index in [0.717, 1.165) is 12.8 Å². The van der Waals surface area contributed by atoms with E-state index < -0.39 is 17.0 Å². The van der Waals surface area contributed by atoms with Gasteiger partial charge in [0.1, 0.15) is 5.60 Å². The Hall–Kier alpha value is -1.75. The van der Waals surface area contributed by atoms with E-state index >= 15 is 0 Å². The van der Waals surface area contributed by atoms with Crippen LogP contribution in [0.3, 0.4) is 0 Å². The van der Waals surface area contributed by atoms with Crippen LogP contribution in [0.15, 0.2) is 23.8 Å². The molecule has 29 heavy (non-hydrogen) atoms. The lowest BCUT2D eigenvalue weighted by Gasteiger charge is -2.57. The first kappa shape index (κ1) is 19.2. The van der Waals surface area contributed by atoms with Crippen LogP contribution in [-0.4, -0.2) is 34.8 Å². The summed E-state index contributed by atoms with van der Waals surface area (Å²) in [6.07, 6.45) is 8.67. The first-order valence-corrected chi connectivity index (χ1v) is 10.9. The molecule has 0 N–H and O–H groups in total. The maximum Gasteiger partial charge on any atom is 0.303 e. The molecular formula is C24H30O5. The molecule has 4 fully saturated rings. The lowest BCUT2D eigenvalue weighted by molar-refractivity contribution is -0.184. The number of ether oxygens (including phenoxy) is 2. The van der Waals surface area contributed by atoms with Crippen LogP contribution in [0.1, 0.15) is 60.3 Å². The fourth-order valence-electron chi connectivity index (χ4n) is 8.09. The van der Waals surface area contributed by atoms with Crippen LogP contribution in [0.5, 0.6) is 0 Å². The van der Waals surface area contributed by atoms with Crippen molar-refractivity contribution < 1.29 is 23.9 Å². The van der Waals surface area contributed by atoms with Crippen molar-refractivity contribution in [3.05, 3.63) is 23.8 Å². The summed E-state index contributed by atoms with van der Waals surface area (Å²) in [7, 11) is 0. The zero-order chi connectivity index (χ0) is 21.0. The first-order valence-electron chi connectivity index (χ1n) is 10.9. The van der Waals surface area contributed by atoms with Crippen LogP contribution in [-0.2, 0) is 23.9 Å². The van der Waals surface area contributed by atoms with Gasteiger partial charge in [-0.3, -0.25) is 14.4 Å². The van der Waals surface area contributed by atoms with Gasteiger partial charge in [-0.1, -0.05) is 25.5 Å². The predicted molar refractivity (Wildman–Crippen MR) is 106 cm³/mol. The van der Waals surface area contributed by atoms with E-state index in [1.54, 1.807) is 13.0 Å². The quantitative estimate of drug-likeness (QED) is 0.525. The number of epoxide rings is 1. The minimum atomic E-state index is -1.06. The number of hydrogen-bond donors (Lipinski definition) is 0. The van der Waals surface area contributed by atoms with Gasteiger partial charge in [-0.2, -0.15) is 0 Å². The van der Waals surface area contributed by atoms with E-state index in [2.05, 4.69) is 26.8 Å². The molecule has 1 aliphatic heterocycles. The number of fused-ring (bicyclic) bond motifs is 3. The van der Waals surface area contributed by atoms with Gasteiger partial charge < -0.3 is 9.47 Å². The average molecular weight is 398 g/mol. The molecule has 3 saturated carbocycles. The molecular weight excluding hydrogens is 368 g/mol. The standard InChI is InChI=1S/C24H30O5/c1-13-10-19-17-7-9-23(14(2)25,28-15(3)26)22(17,5)12-20-24(19,29-20)21(4)8-6-16(27)11-18(13)21/h6,8,11,13,17,19-20H,7,9-10,12H2,1-5H3/t13-,17-,19-,20-,21-,22-,23-,24-/m0/s1. The monoisotopic (exact) mass is 398 g/mol. The SMILES string of the molecule is CC(=O)O[C@]1(C(C)=O)CC[C@H]2[C@@H]3C[C@H](C)C4=CC(=O)C=C[C@]4(C)[C@]34O[C@H]4C[C@@]21C. The Balaban J connectivity index is 1.61. The Morgan fingerprint density at radius 2 is 1.93 bits per heavy atom. The molecule has 0 aromatic rings. The van der Waals surface area contributed by atoms with Crippen molar-refractivity contribution in [2.24, 2.45) is 28.6 Å². The first-order chi connectivity index (χ1) is 13.5. The molecule has 0 aromatic carbocycles. The highest BCUT2D eigenvalue weighted by Gasteiger charge is 2.82. The van der Waals surface area contributed by atoms with Gasteiger partial charge in [0, 0.05) is 17.8 Å². The molecule has 0 bridgehead atoms. The molecule has 5 nitrogen and oxygen atoms in total. The maximum absolute atomic E-state index is 12.9. The van der Waals surface area contributed by atoms with Crippen LogP contribution in [0.2, 0.25) is 0 Å². The lowest BCUT2D eigenvalue weighted by atomic mass is 9.45. The van der Waals surface area contributed by atoms with Crippen LogP contribution in [0, 0.1) is 28.6 Å². The van der Waals surface area contributed by atoms with Gasteiger partial charge in [0.05, 0.1) is 6.10 Å². The Labute approximate surface area is 171 Å². The van der Waals surface area contributed by atoms with E-state index in [9.17, 15) is 14.4 Å². The fraction of sp³-hybridized carbons (Fsp3) is 0.708. The summed E-state index contributed by atoms with van der Waals surface area (Å²) in [6.45, 7) is 9.51. The summed E-state index contributed by atoms with van der Waals surface area (Å²) in [6, 6.07) is 0. The molecule has 1 saturated heterocycles. The van der Waals surface area contributed by atoms with Crippen LogP contribution in [0.4, 0.5) is 0 Å². The van der Waals surface area contributed by atoms with Gasteiger partial charge in [-0.25, -0.2) is 0 Å². The minimum Gasteiger partial charge on any atom is -0.451 e. The number of carbonyl (C=O) groups excluding carboxylic acids is 3. The second kappa shape index (κ2) is 5.48. The van der Waals surface area contributed by atoms with Crippen LogP contribution >= 0.6 is 0 Å². The van der Waals surface area contributed by atoms with Crippen molar-refractivity contribution in [3.8, 4) is 0 Å². The van der Waals surface area contributed by atoms with Crippen molar-refractivity contribution in [2.75, 3.05) is 0 Å². The maximum atomic E-state index is 12.9. The molecule has 8 atom stereocenters. The lowest BCUT2D eigenvalue weighted by Crippen LogP contribution is -2.62.